The van der Waals surface area contributed by atoms with Crippen molar-refractivity contribution < 1.29 is 8.42 Å². The molecule has 0 atom stereocenters. The minimum atomic E-state index is -3.50. The Morgan fingerprint density at radius 2 is 2.06 bits per heavy atom. The molecule has 0 aliphatic rings. The third-order valence-corrected chi connectivity index (χ3v) is 2.97. The first-order valence-corrected chi connectivity index (χ1v) is 6.47. The van der Waals surface area contributed by atoms with Crippen LogP contribution in [0.1, 0.15) is 11.1 Å². The lowest BCUT2D eigenvalue weighted by atomic mass is 10.1. The zero-order valence-corrected chi connectivity index (χ0v) is 10.6. The van der Waals surface area contributed by atoms with Crippen molar-refractivity contribution >= 4 is 15.9 Å². The van der Waals surface area contributed by atoms with Crippen LogP contribution in [-0.4, -0.2) is 22.0 Å². The molecule has 1 rings (SSSR count). The van der Waals surface area contributed by atoms with Gasteiger partial charge in [0.25, 0.3) is 10.2 Å². The Bertz CT molecular complexity index is 556. The van der Waals surface area contributed by atoms with Crippen molar-refractivity contribution in [1.29, 1.82) is 0 Å². The van der Waals surface area contributed by atoms with Gasteiger partial charge in [0.15, 0.2) is 0 Å². The first kappa shape index (κ1) is 13.5. The van der Waals surface area contributed by atoms with Gasteiger partial charge in [0, 0.05) is 12.6 Å². The SMILES string of the molecule is CNS(=O)(=O)Nc1cc(C)cc(C#CCN)c1. The zero-order chi connectivity index (χ0) is 12.9. The molecule has 0 amide bonds. The van der Waals surface area contributed by atoms with Gasteiger partial charge in [-0.05, 0) is 30.7 Å². The number of nitrogens with two attached hydrogens (primary N) is 1. The molecule has 1 aromatic carbocycles. The van der Waals surface area contributed by atoms with E-state index in [9.17, 15) is 8.42 Å². The van der Waals surface area contributed by atoms with Crippen molar-refractivity contribution in [2.24, 2.45) is 5.73 Å². The fourth-order valence-electron chi connectivity index (χ4n) is 1.27. The van der Waals surface area contributed by atoms with E-state index >= 15 is 0 Å². The summed E-state index contributed by atoms with van der Waals surface area (Å²) in [5.41, 5.74) is 7.40. The van der Waals surface area contributed by atoms with Gasteiger partial charge in [-0.2, -0.15) is 8.42 Å². The molecule has 17 heavy (non-hydrogen) atoms. The molecule has 0 saturated carbocycles. The summed E-state index contributed by atoms with van der Waals surface area (Å²) in [7, 11) is -2.16. The van der Waals surface area contributed by atoms with Crippen LogP contribution in [0.4, 0.5) is 5.69 Å². The number of hydrogen-bond donors (Lipinski definition) is 3. The fourth-order valence-corrected chi connectivity index (χ4v) is 1.80. The molecular formula is C11H15N3O2S. The Labute approximate surface area is 102 Å². The highest BCUT2D eigenvalue weighted by atomic mass is 32.2. The highest BCUT2D eigenvalue weighted by molar-refractivity contribution is 7.90. The summed E-state index contributed by atoms with van der Waals surface area (Å²) in [6.07, 6.45) is 0. The van der Waals surface area contributed by atoms with E-state index in [4.69, 9.17) is 5.73 Å². The molecule has 1 aromatic rings. The average molecular weight is 253 g/mol. The van der Waals surface area contributed by atoms with E-state index in [1.54, 1.807) is 12.1 Å². The van der Waals surface area contributed by atoms with Crippen LogP contribution in [0.5, 0.6) is 0 Å². The van der Waals surface area contributed by atoms with Crippen LogP contribution in [0, 0.1) is 18.8 Å². The number of anilines is 1. The van der Waals surface area contributed by atoms with Gasteiger partial charge in [0.05, 0.1) is 12.2 Å². The predicted molar refractivity (Wildman–Crippen MR) is 68.7 cm³/mol. The lowest BCUT2D eigenvalue weighted by Gasteiger charge is -2.07. The molecule has 6 heteroatoms. The minimum absolute atomic E-state index is 0.269. The van der Waals surface area contributed by atoms with Crippen LogP contribution in [0.15, 0.2) is 18.2 Å². The number of rotatable bonds is 3. The third-order valence-electron chi connectivity index (χ3n) is 1.93. The smallest absolute Gasteiger partial charge is 0.298 e. The largest absolute Gasteiger partial charge is 0.320 e. The lowest BCUT2D eigenvalue weighted by molar-refractivity contribution is 0.593. The predicted octanol–water partition coefficient (Wildman–Crippen LogP) is 0.181. The van der Waals surface area contributed by atoms with E-state index in [2.05, 4.69) is 21.3 Å². The summed E-state index contributed by atoms with van der Waals surface area (Å²) in [6, 6.07) is 5.24. The first-order chi connectivity index (χ1) is 7.96. The van der Waals surface area contributed by atoms with E-state index in [1.807, 2.05) is 13.0 Å². The molecule has 0 heterocycles. The lowest BCUT2D eigenvalue weighted by Crippen LogP contribution is -2.26. The molecule has 92 valence electrons. The molecule has 0 fully saturated rings. The van der Waals surface area contributed by atoms with Gasteiger partial charge in [-0.25, -0.2) is 4.72 Å². The fraction of sp³-hybridized carbons (Fsp3) is 0.273. The topological polar surface area (TPSA) is 84.2 Å². The maximum atomic E-state index is 11.3. The Balaban J connectivity index is 3.06. The van der Waals surface area contributed by atoms with Crippen LogP contribution in [0.2, 0.25) is 0 Å². The first-order valence-electron chi connectivity index (χ1n) is 4.99. The van der Waals surface area contributed by atoms with Gasteiger partial charge < -0.3 is 5.73 Å². The maximum Gasteiger partial charge on any atom is 0.298 e. The molecule has 0 saturated heterocycles. The molecule has 4 N–H and O–H groups in total. The van der Waals surface area contributed by atoms with Crippen LogP contribution in [-0.2, 0) is 10.2 Å². The van der Waals surface area contributed by atoms with Crippen LogP contribution in [0.3, 0.4) is 0 Å². The second kappa shape index (κ2) is 5.68. The summed E-state index contributed by atoms with van der Waals surface area (Å²) < 4.78 is 27.2. The highest BCUT2D eigenvalue weighted by Crippen LogP contribution is 2.14. The third kappa shape index (κ3) is 4.44. The molecule has 0 radical (unpaired) electrons. The molecular weight excluding hydrogens is 238 g/mol. The molecule has 0 aliphatic heterocycles. The molecule has 0 aromatic heterocycles. The van der Waals surface area contributed by atoms with E-state index in [1.165, 1.54) is 7.05 Å². The van der Waals surface area contributed by atoms with Gasteiger partial charge in [0.2, 0.25) is 0 Å². The van der Waals surface area contributed by atoms with Crippen molar-refractivity contribution in [3.63, 3.8) is 0 Å². The van der Waals surface area contributed by atoms with Crippen molar-refractivity contribution in [3.05, 3.63) is 29.3 Å². The Morgan fingerprint density at radius 1 is 1.35 bits per heavy atom. The van der Waals surface area contributed by atoms with Crippen molar-refractivity contribution in [1.82, 2.24) is 4.72 Å². The van der Waals surface area contributed by atoms with E-state index in [0.717, 1.165) is 11.1 Å². The molecule has 5 nitrogen and oxygen atoms in total. The van der Waals surface area contributed by atoms with Crippen LogP contribution < -0.4 is 15.2 Å². The monoisotopic (exact) mass is 253 g/mol. The Hall–Kier alpha value is -1.55. The summed E-state index contributed by atoms with van der Waals surface area (Å²) in [5.74, 6) is 5.58. The highest BCUT2D eigenvalue weighted by Gasteiger charge is 2.06. The van der Waals surface area contributed by atoms with E-state index in [0.29, 0.717) is 5.69 Å². The minimum Gasteiger partial charge on any atom is -0.320 e. The summed E-state index contributed by atoms with van der Waals surface area (Å²) in [4.78, 5) is 0. The van der Waals surface area contributed by atoms with Crippen LogP contribution in [0.25, 0.3) is 0 Å². The zero-order valence-electron chi connectivity index (χ0n) is 9.74. The van der Waals surface area contributed by atoms with Gasteiger partial charge in [-0.15, -0.1) is 0 Å². The number of nitrogens with one attached hydrogen (secondary N) is 2. The van der Waals surface area contributed by atoms with Crippen LogP contribution >= 0.6 is 0 Å². The Morgan fingerprint density at radius 3 is 2.65 bits per heavy atom. The Kier molecular flexibility index (Phi) is 4.52. The summed E-state index contributed by atoms with van der Waals surface area (Å²) >= 11 is 0. The summed E-state index contributed by atoms with van der Waals surface area (Å²) in [6.45, 7) is 2.14. The summed E-state index contributed by atoms with van der Waals surface area (Å²) in [5, 5.41) is 0. The van der Waals surface area contributed by atoms with E-state index < -0.39 is 10.2 Å². The second-order valence-electron chi connectivity index (χ2n) is 3.40. The second-order valence-corrected chi connectivity index (χ2v) is 5.02. The number of hydrogen-bond acceptors (Lipinski definition) is 3. The van der Waals surface area contributed by atoms with Crippen molar-refractivity contribution in [2.75, 3.05) is 18.3 Å². The molecule has 0 aliphatic carbocycles. The number of benzene rings is 1. The maximum absolute atomic E-state index is 11.3. The van der Waals surface area contributed by atoms with Crippen molar-refractivity contribution in [3.8, 4) is 11.8 Å². The molecule has 0 bridgehead atoms. The van der Waals surface area contributed by atoms with Gasteiger partial charge in [0.1, 0.15) is 0 Å². The number of aryl methyl sites for hydroxylation is 1. The molecule has 0 unspecified atom stereocenters. The average Bonchev–Trinajstić information content (AvgIpc) is 2.25. The van der Waals surface area contributed by atoms with Gasteiger partial charge >= 0.3 is 0 Å². The van der Waals surface area contributed by atoms with E-state index in [-0.39, 0.29) is 6.54 Å². The standard InChI is InChI=1S/C11H15N3O2S/c1-9-6-10(4-3-5-12)8-11(7-9)14-17(15,16)13-2/h6-8,13-14H,5,12H2,1-2H3. The van der Waals surface area contributed by atoms with Gasteiger partial charge in [-0.3, -0.25) is 4.72 Å². The van der Waals surface area contributed by atoms with Crippen molar-refractivity contribution in [2.45, 2.75) is 6.92 Å². The normalized spacial score (nSPS) is 10.5. The molecule has 0 spiro atoms. The quantitative estimate of drug-likeness (QED) is 0.672. The van der Waals surface area contributed by atoms with Gasteiger partial charge in [-0.1, -0.05) is 11.8 Å².